The second-order valence-corrected chi connectivity index (χ2v) is 13.8. The first-order valence-electron chi connectivity index (χ1n) is 5.27. The molecule has 0 heterocycles. The van der Waals surface area contributed by atoms with E-state index in [2.05, 4.69) is 38.3 Å². The Morgan fingerprint density at radius 2 is 1.20 bits per heavy atom. The Morgan fingerprint density at radius 3 is 1.47 bits per heavy atom. The average molecular weight is 240 g/mol. The van der Waals surface area contributed by atoms with Crippen molar-refractivity contribution >= 4 is 16.6 Å². The lowest BCUT2D eigenvalue weighted by Crippen LogP contribution is -2.44. The van der Waals surface area contributed by atoms with Crippen LogP contribution >= 0.6 is 0 Å². The van der Waals surface area contributed by atoms with Gasteiger partial charge >= 0.3 is 0 Å². The van der Waals surface area contributed by atoms with E-state index in [4.69, 9.17) is 14.6 Å². The fourth-order valence-electron chi connectivity index (χ4n) is 1.56. The van der Waals surface area contributed by atoms with E-state index < -0.39 is 16.6 Å². The summed E-state index contributed by atoms with van der Waals surface area (Å²) in [5.74, 6) is 0. The molecule has 15 heavy (non-hydrogen) atoms. The molecule has 0 aromatic rings. The van der Waals surface area contributed by atoms with Crippen LogP contribution in [0.25, 0.3) is 0 Å². The van der Waals surface area contributed by atoms with E-state index in [1.165, 1.54) is 0 Å². The summed E-state index contributed by atoms with van der Waals surface area (Å²) in [6.07, 6.45) is 1.17. The van der Waals surface area contributed by atoms with Crippen LogP contribution in [0.5, 0.6) is 0 Å². The normalized spacial score (nSPS) is 11.9. The minimum atomic E-state index is -1.68. The summed E-state index contributed by atoms with van der Waals surface area (Å²) >= 11 is 0. The first kappa shape index (κ1) is 14.4. The maximum absolute atomic E-state index is 8.55. The van der Waals surface area contributed by atoms with Crippen LogP contribution in [0.4, 0.5) is 0 Å². The largest absolute Gasteiger partial charge is 0.455 e. The molecule has 84 valence electrons. The molecule has 0 radical (unpaired) electrons. The Morgan fingerprint density at radius 1 is 0.867 bits per heavy atom. The van der Waals surface area contributed by atoms with Crippen molar-refractivity contribution in [2.45, 2.75) is 51.1 Å². The van der Waals surface area contributed by atoms with Crippen molar-refractivity contribution in [1.29, 1.82) is 10.5 Å². The third-order valence-electron chi connectivity index (χ3n) is 2.23. The van der Waals surface area contributed by atoms with Gasteiger partial charge in [-0.15, -0.1) is 0 Å². The van der Waals surface area contributed by atoms with Gasteiger partial charge in [-0.05, 0) is 38.3 Å². The van der Waals surface area contributed by atoms with Gasteiger partial charge in [0, 0.05) is 12.8 Å². The summed E-state index contributed by atoms with van der Waals surface area (Å²) < 4.78 is 6.20. The predicted molar refractivity (Wildman–Crippen MR) is 66.1 cm³/mol. The van der Waals surface area contributed by atoms with Crippen LogP contribution in [0.2, 0.25) is 38.3 Å². The van der Waals surface area contributed by atoms with E-state index >= 15 is 0 Å². The molecule has 0 saturated carbocycles. The van der Waals surface area contributed by atoms with Crippen molar-refractivity contribution < 1.29 is 4.12 Å². The van der Waals surface area contributed by atoms with Crippen LogP contribution in [0.15, 0.2) is 0 Å². The number of nitrogens with zero attached hydrogens (tertiary/aromatic N) is 2. The molecular formula is C10H20N2OSi2. The highest BCUT2D eigenvalue weighted by Gasteiger charge is 2.32. The van der Waals surface area contributed by atoms with Crippen molar-refractivity contribution in [2.75, 3.05) is 0 Å². The van der Waals surface area contributed by atoms with Crippen molar-refractivity contribution in [1.82, 2.24) is 0 Å². The van der Waals surface area contributed by atoms with Crippen LogP contribution in [-0.2, 0) is 4.12 Å². The van der Waals surface area contributed by atoms with Gasteiger partial charge < -0.3 is 4.12 Å². The molecule has 0 fully saturated rings. The zero-order valence-corrected chi connectivity index (χ0v) is 12.1. The number of nitriles is 2. The Kier molecular flexibility index (Phi) is 5.81. The van der Waals surface area contributed by atoms with Crippen LogP contribution in [-0.4, -0.2) is 16.6 Å². The number of hydrogen-bond acceptors (Lipinski definition) is 3. The van der Waals surface area contributed by atoms with Crippen molar-refractivity contribution in [3.05, 3.63) is 0 Å². The Bertz CT molecular complexity index is 248. The SMILES string of the molecule is C[Si](C)(CCC#N)O[Si](C)(C)CCC#N. The average Bonchev–Trinajstić information content (AvgIpc) is 2.10. The van der Waals surface area contributed by atoms with Crippen molar-refractivity contribution in [3.63, 3.8) is 0 Å². The van der Waals surface area contributed by atoms with Crippen LogP contribution < -0.4 is 0 Å². The molecule has 0 bridgehead atoms. The topological polar surface area (TPSA) is 56.8 Å². The lowest BCUT2D eigenvalue weighted by Gasteiger charge is -2.33. The van der Waals surface area contributed by atoms with Gasteiger partial charge in [-0.2, -0.15) is 10.5 Å². The molecule has 0 amide bonds. The first-order chi connectivity index (χ1) is 6.83. The predicted octanol–water partition coefficient (Wildman–Crippen LogP) is 3.24. The second kappa shape index (κ2) is 6.07. The highest BCUT2D eigenvalue weighted by atomic mass is 28.4. The van der Waals surface area contributed by atoms with E-state index in [0.717, 1.165) is 12.1 Å². The molecule has 0 aromatic heterocycles. The molecule has 0 rings (SSSR count). The highest BCUT2D eigenvalue weighted by Crippen LogP contribution is 2.23. The molecule has 0 unspecified atom stereocenters. The zero-order chi connectivity index (χ0) is 11.9. The van der Waals surface area contributed by atoms with E-state index in [9.17, 15) is 0 Å². The summed E-state index contributed by atoms with van der Waals surface area (Å²) in [6, 6.07) is 6.13. The number of rotatable bonds is 6. The van der Waals surface area contributed by atoms with Crippen molar-refractivity contribution in [3.8, 4) is 12.1 Å². The summed E-state index contributed by atoms with van der Waals surface area (Å²) in [7, 11) is -3.36. The third-order valence-corrected chi connectivity index (χ3v) is 9.56. The highest BCUT2D eigenvalue weighted by molar-refractivity contribution is 6.84. The van der Waals surface area contributed by atoms with Gasteiger partial charge in [-0.25, -0.2) is 0 Å². The molecule has 0 spiro atoms. The smallest absolute Gasteiger partial charge is 0.174 e. The van der Waals surface area contributed by atoms with E-state index in [1.807, 2.05) is 0 Å². The Hall–Kier alpha value is -0.626. The van der Waals surface area contributed by atoms with Crippen LogP contribution in [0, 0.1) is 22.7 Å². The lowest BCUT2D eigenvalue weighted by atomic mass is 10.6. The summed E-state index contributed by atoms with van der Waals surface area (Å²) in [6.45, 7) is 8.63. The van der Waals surface area contributed by atoms with Gasteiger partial charge in [-0.3, -0.25) is 0 Å². The van der Waals surface area contributed by atoms with Gasteiger partial charge in [0.2, 0.25) is 0 Å². The van der Waals surface area contributed by atoms with Crippen LogP contribution in [0.1, 0.15) is 12.8 Å². The quantitative estimate of drug-likeness (QED) is 0.670. The van der Waals surface area contributed by atoms with Crippen LogP contribution in [0.3, 0.4) is 0 Å². The molecule has 0 saturated heterocycles. The maximum Gasteiger partial charge on any atom is 0.174 e. The fraction of sp³-hybridized carbons (Fsp3) is 0.800. The molecular weight excluding hydrogens is 220 g/mol. The van der Waals surface area contributed by atoms with Gasteiger partial charge in [-0.1, -0.05) is 0 Å². The van der Waals surface area contributed by atoms with Gasteiger partial charge in [0.25, 0.3) is 0 Å². The molecule has 0 aliphatic rings. The minimum absolute atomic E-state index is 0.585. The summed E-state index contributed by atoms with van der Waals surface area (Å²) in [5, 5.41) is 17.1. The van der Waals surface area contributed by atoms with E-state index in [1.54, 1.807) is 0 Å². The monoisotopic (exact) mass is 240 g/mol. The molecule has 0 atom stereocenters. The van der Waals surface area contributed by atoms with E-state index in [-0.39, 0.29) is 0 Å². The standard InChI is InChI=1S/C10H20N2OSi2/c1-14(2,9-5-7-11)13-15(3,4)10-6-8-12/h5-6,9-10H2,1-4H3. The molecule has 5 heteroatoms. The second-order valence-electron chi connectivity index (χ2n) is 4.94. The van der Waals surface area contributed by atoms with Gasteiger partial charge in [0.1, 0.15) is 0 Å². The molecule has 0 aromatic carbocycles. The number of hydrogen-bond donors (Lipinski definition) is 0. The molecule has 3 nitrogen and oxygen atoms in total. The third kappa shape index (κ3) is 7.32. The lowest BCUT2D eigenvalue weighted by molar-refractivity contribution is 0.537. The van der Waals surface area contributed by atoms with Crippen molar-refractivity contribution in [2.24, 2.45) is 0 Å². The van der Waals surface area contributed by atoms with Gasteiger partial charge in [0.15, 0.2) is 16.6 Å². The maximum atomic E-state index is 8.55. The van der Waals surface area contributed by atoms with E-state index in [0.29, 0.717) is 12.8 Å². The molecule has 0 aliphatic heterocycles. The Labute approximate surface area is 94.9 Å². The summed E-state index contributed by atoms with van der Waals surface area (Å²) in [4.78, 5) is 0. The first-order valence-corrected chi connectivity index (χ1v) is 11.5. The zero-order valence-electron chi connectivity index (χ0n) is 10.1. The minimum Gasteiger partial charge on any atom is -0.455 e. The molecule has 0 N–H and O–H groups in total. The fourth-order valence-corrected chi connectivity index (χ4v) is 9.79. The summed E-state index contributed by atoms with van der Waals surface area (Å²) in [5.41, 5.74) is 0. The Balaban J connectivity index is 4.18. The molecule has 0 aliphatic carbocycles. The van der Waals surface area contributed by atoms with Gasteiger partial charge in [0.05, 0.1) is 12.1 Å².